The minimum atomic E-state index is -0.430. The minimum absolute atomic E-state index is 0.0398. The van der Waals surface area contributed by atoms with E-state index in [1.807, 2.05) is 52.0 Å². The lowest BCUT2D eigenvalue weighted by atomic mass is 9.88. The van der Waals surface area contributed by atoms with Gasteiger partial charge in [0.2, 0.25) is 11.8 Å². The molecule has 1 aromatic rings. The van der Waals surface area contributed by atoms with Gasteiger partial charge in [-0.2, -0.15) is 0 Å². The summed E-state index contributed by atoms with van der Waals surface area (Å²) in [6.45, 7) is 8.17. The number of carbonyl (C=O) groups is 2. The molecule has 0 aromatic heterocycles. The van der Waals surface area contributed by atoms with E-state index in [1.165, 1.54) is 0 Å². The smallest absolute Gasteiger partial charge is 0.232 e. The Morgan fingerprint density at radius 1 is 1.40 bits per heavy atom. The van der Waals surface area contributed by atoms with Gasteiger partial charge in [0.25, 0.3) is 0 Å². The van der Waals surface area contributed by atoms with Crippen molar-refractivity contribution < 1.29 is 9.59 Å². The number of hydrogen-bond acceptors (Lipinski definition) is 2. The Balaban J connectivity index is 2.46. The van der Waals surface area contributed by atoms with Crippen molar-refractivity contribution in [2.75, 3.05) is 16.8 Å². The summed E-state index contributed by atoms with van der Waals surface area (Å²) < 4.78 is 0. The molecule has 1 N–H and O–H groups in total. The van der Waals surface area contributed by atoms with Crippen LogP contribution in [0.3, 0.4) is 0 Å². The van der Waals surface area contributed by atoms with Gasteiger partial charge in [0.15, 0.2) is 0 Å². The first-order valence-electron chi connectivity index (χ1n) is 7.08. The highest BCUT2D eigenvalue weighted by Crippen LogP contribution is 2.34. The van der Waals surface area contributed by atoms with Crippen molar-refractivity contribution in [3.05, 3.63) is 24.3 Å². The second-order valence-electron chi connectivity index (χ2n) is 6.06. The van der Waals surface area contributed by atoms with E-state index in [9.17, 15) is 9.59 Å². The topological polar surface area (TPSA) is 49.4 Å². The zero-order chi connectivity index (χ0) is 14.9. The van der Waals surface area contributed by atoms with Crippen molar-refractivity contribution in [1.82, 2.24) is 0 Å². The molecule has 0 aliphatic carbocycles. The first kappa shape index (κ1) is 14.6. The van der Waals surface area contributed by atoms with Crippen LogP contribution >= 0.6 is 0 Å². The van der Waals surface area contributed by atoms with Crippen molar-refractivity contribution in [2.24, 2.45) is 11.3 Å². The average Bonchev–Trinajstić information content (AvgIpc) is 2.56. The lowest BCUT2D eigenvalue weighted by molar-refractivity contribution is -0.127. The van der Waals surface area contributed by atoms with Gasteiger partial charge >= 0.3 is 0 Å². The Hall–Kier alpha value is -1.84. The number of nitrogens with one attached hydrogen (secondary N) is 1. The van der Waals surface area contributed by atoms with Crippen LogP contribution in [0, 0.1) is 11.3 Å². The highest BCUT2D eigenvalue weighted by atomic mass is 16.2. The van der Waals surface area contributed by atoms with Crippen molar-refractivity contribution in [3.63, 3.8) is 0 Å². The van der Waals surface area contributed by atoms with E-state index in [1.54, 1.807) is 4.90 Å². The third-order valence-electron chi connectivity index (χ3n) is 4.06. The summed E-state index contributed by atoms with van der Waals surface area (Å²) in [5.41, 5.74) is 1.07. The lowest BCUT2D eigenvalue weighted by Crippen LogP contribution is -2.43. The maximum atomic E-state index is 12.8. The summed E-state index contributed by atoms with van der Waals surface area (Å²) in [7, 11) is 0. The predicted molar refractivity (Wildman–Crippen MR) is 80.7 cm³/mol. The molecular weight excluding hydrogens is 252 g/mol. The normalized spacial score (nSPS) is 19.1. The summed E-state index contributed by atoms with van der Waals surface area (Å²) in [4.78, 5) is 26.6. The third kappa shape index (κ3) is 2.55. The molecule has 20 heavy (non-hydrogen) atoms. The molecule has 1 aromatic carbocycles. The molecule has 0 spiro atoms. The van der Waals surface area contributed by atoms with Crippen LogP contribution in [0.1, 0.15) is 34.1 Å². The van der Waals surface area contributed by atoms with Crippen molar-refractivity contribution >= 4 is 23.2 Å². The highest BCUT2D eigenvalue weighted by Gasteiger charge is 2.35. The molecule has 1 aliphatic rings. The second-order valence-corrected chi connectivity index (χ2v) is 6.06. The van der Waals surface area contributed by atoms with Crippen LogP contribution < -0.4 is 10.2 Å². The SMILES string of the molecule is CCC(C)(C)C(=O)N1CC(C)C(=O)Nc2ccccc21. The molecule has 108 valence electrons. The quantitative estimate of drug-likeness (QED) is 0.901. The lowest BCUT2D eigenvalue weighted by Gasteiger charge is -2.31. The van der Waals surface area contributed by atoms with Gasteiger partial charge in [-0.15, -0.1) is 0 Å². The Labute approximate surface area is 120 Å². The molecular formula is C16H22N2O2. The number of para-hydroxylation sites is 2. The van der Waals surface area contributed by atoms with E-state index in [-0.39, 0.29) is 17.7 Å². The maximum Gasteiger partial charge on any atom is 0.232 e. The fraction of sp³-hybridized carbons (Fsp3) is 0.500. The number of benzene rings is 1. The van der Waals surface area contributed by atoms with Crippen molar-refractivity contribution in [2.45, 2.75) is 34.1 Å². The molecule has 0 radical (unpaired) electrons. The van der Waals surface area contributed by atoms with Gasteiger partial charge in [0, 0.05) is 12.0 Å². The molecule has 0 saturated heterocycles. The van der Waals surface area contributed by atoms with Crippen LogP contribution in [0.2, 0.25) is 0 Å². The highest BCUT2D eigenvalue weighted by molar-refractivity contribution is 6.05. The van der Waals surface area contributed by atoms with Gasteiger partial charge < -0.3 is 10.2 Å². The van der Waals surface area contributed by atoms with E-state index in [2.05, 4.69) is 5.32 Å². The summed E-state index contributed by atoms with van der Waals surface area (Å²) in [5, 5.41) is 2.89. The van der Waals surface area contributed by atoms with Crippen LogP contribution in [0.4, 0.5) is 11.4 Å². The van der Waals surface area contributed by atoms with Gasteiger partial charge in [-0.05, 0) is 18.6 Å². The number of rotatable bonds is 2. The molecule has 1 heterocycles. The van der Waals surface area contributed by atoms with Crippen molar-refractivity contribution in [1.29, 1.82) is 0 Å². The molecule has 0 fully saturated rings. The second kappa shape index (κ2) is 5.27. The van der Waals surface area contributed by atoms with Crippen LogP contribution in [0.25, 0.3) is 0 Å². The molecule has 1 aliphatic heterocycles. The number of carbonyl (C=O) groups excluding carboxylic acids is 2. The molecule has 2 rings (SSSR count). The van der Waals surface area contributed by atoms with Gasteiger partial charge in [0.05, 0.1) is 17.3 Å². The molecule has 4 heteroatoms. The van der Waals surface area contributed by atoms with Gasteiger partial charge in [0.1, 0.15) is 0 Å². The maximum absolute atomic E-state index is 12.8. The fourth-order valence-electron chi connectivity index (χ4n) is 2.23. The van der Waals surface area contributed by atoms with E-state index in [0.717, 1.165) is 12.1 Å². The van der Waals surface area contributed by atoms with E-state index < -0.39 is 5.41 Å². The van der Waals surface area contributed by atoms with E-state index >= 15 is 0 Å². The van der Waals surface area contributed by atoms with Crippen LogP contribution in [0.15, 0.2) is 24.3 Å². The Morgan fingerprint density at radius 3 is 2.70 bits per heavy atom. The first-order valence-corrected chi connectivity index (χ1v) is 7.08. The number of fused-ring (bicyclic) bond motifs is 1. The standard InChI is InChI=1S/C16H22N2O2/c1-5-16(3,4)15(20)18-10-11(2)14(19)17-12-8-6-7-9-13(12)18/h6-9,11H,5,10H2,1-4H3,(H,17,19). The fourth-order valence-corrected chi connectivity index (χ4v) is 2.23. The predicted octanol–water partition coefficient (Wildman–Crippen LogP) is 3.04. The number of anilines is 2. The van der Waals surface area contributed by atoms with Crippen molar-refractivity contribution in [3.8, 4) is 0 Å². The number of amides is 2. The van der Waals surface area contributed by atoms with E-state index in [4.69, 9.17) is 0 Å². The van der Waals surface area contributed by atoms with Crippen LogP contribution in [0.5, 0.6) is 0 Å². The number of hydrogen-bond donors (Lipinski definition) is 1. The van der Waals surface area contributed by atoms with Gasteiger partial charge in [-0.25, -0.2) is 0 Å². The minimum Gasteiger partial charge on any atom is -0.324 e. The molecule has 1 unspecified atom stereocenters. The van der Waals surface area contributed by atoms with Crippen LogP contribution in [-0.4, -0.2) is 18.4 Å². The van der Waals surface area contributed by atoms with E-state index in [0.29, 0.717) is 12.2 Å². The zero-order valence-electron chi connectivity index (χ0n) is 12.6. The van der Waals surface area contributed by atoms with Gasteiger partial charge in [-0.3, -0.25) is 9.59 Å². The molecule has 1 atom stereocenters. The zero-order valence-corrected chi connectivity index (χ0v) is 12.6. The van der Waals surface area contributed by atoms with Gasteiger partial charge in [-0.1, -0.05) is 39.8 Å². The largest absolute Gasteiger partial charge is 0.324 e. The monoisotopic (exact) mass is 274 g/mol. The summed E-state index contributed by atoms with van der Waals surface area (Å²) in [6, 6.07) is 7.48. The molecule has 2 amide bonds. The molecule has 0 bridgehead atoms. The van der Waals surface area contributed by atoms with Crippen LogP contribution in [-0.2, 0) is 9.59 Å². The average molecular weight is 274 g/mol. The third-order valence-corrected chi connectivity index (χ3v) is 4.06. The number of nitrogens with zero attached hydrogens (tertiary/aromatic N) is 1. The Kier molecular flexibility index (Phi) is 3.84. The summed E-state index contributed by atoms with van der Waals surface area (Å²) >= 11 is 0. The molecule has 0 saturated carbocycles. The summed E-state index contributed by atoms with van der Waals surface area (Å²) in [6.07, 6.45) is 0.764. The Bertz CT molecular complexity index is 537. The molecule has 4 nitrogen and oxygen atoms in total. The first-order chi connectivity index (χ1) is 9.36. The Morgan fingerprint density at radius 2 is 2.05 bits per heavy atom. The summed E-state index contributed by atoms with van der Waals surface area (Å²) in [5.74, 6) is -0.197.